The number of aryl methyl sites for hydroxylation is 1. The van der Waals surface area contributed by atoms with Crippen molar-refractivity contribution in [2.75, 3.05) is 14.2 Å². The standard InChI is InChI=1S/C16H19NO4/c1-20-15(18)13(16(19)21-2)8-5-6-11-10-17-14-9-4-3-7-12(11)14/h3-4,7,9-10,13,17H,5-6,8H2,1-2H3. The number of methoxy groups -OCH3 is 2. The number of rotatable bonds is 6. The fraction of sp³-hybridized carbons (Fsp3) is 0.375. The lowest BCUT2D eigenvalue weighted by Gasteiger charge is -2.11. The van der Waals surface area contributed by atoms with E-state index in [0.717, 1.165) is 11.9 Å². The number of carbonyl (C=O) groups is 2. The lowest BCUT2D eigenvalue weighted by Crippen LogP contribution is -2.26. The minimum atomic E-state index is -0.842. The van der Waals surface area contributed by atoms with Gasteiger partial charge in [-0.3, -0.25) is 9.59 Å². The summed E-state index contributed by atoms with van der Waals surface area (Å²) in [6.45, 7) is 0. The van der Waals surface area contributed by atoms with Gasteiger partial charge in [-0.05, 0) is 30.9 Å². The maximum Gasteiger partial charge on any atom is 0.320 e. The zero-order valence-corrected chi connectivity index (χ0v) is 12.2. The average molecular weight is 289 g/mol. The highest BCUT2D eigenvalue weighted by atomic mass is 16.5. The van der Waals surface area contributed by atoms with E-state index in [9.17, 15) is 9.59 Å². The average Bonchev–Trinajstić information content (AvgIpc) is 2.93. The predicted molar refractivity (Wildman–Crippen MR) is 78.8 cm³/mol. The summed E-state index contributed by atoms with van der Waals surface area (Å²) >= 11 is 0. The number of aromatic amines is 1. The molecule has 1 aromatic carbocycles. The highest BCUT2D eigenvalue weighted by Gasteiger charge is 2.27. The molecule has 2 aromatic rings. The van der Waals surface area contributed by atoms with Crippen molar-refractivity contribution >= 4 is 22.8 Å². The van der Waals surface area contributed by atoms with Crippen molar-refractivity contribution in [1.29, 1.82) is 0 Å². The molecule has 1 aromatic heterocycles. The Labute approximate surface area is 123 Å². The molecule has 0 aliphatic carbocycles. The molecule has 2 rings (SSSR count). The van der Waals surface area contributed by atoms with Gasteiger partial charge in [0.25, 0.3) is 0 Å². The van der Waals surface area contributed by atoms with E-state index >= 15 is 0 Å². The number of H-pyrrole nitrogens is 1. The number of fused-ring (bicyclic) bond motifs is 1. The molecule has 1 N–H and O–H groups in total. The highest BCUT2D eigenvalue weighted by molar-refractivity contribution is 5.94. The monoisotopic (exact) mass is 289 g/mol. The highest BCUT2D eigenvalue weighted by Crippen LogP contribution is 2.21. The van der Waals surface area contributed by atoms with Crippen molar-refractivity contribution in [3.05, 3.63) is 36.0 Å². The molecule has 5 nitrogen and oxygen atoms in total. The van der Waals surface area contributed by atoms with Gasteiger partial charge in [0.2, 0.25) is 0 Å². The molecule has 0 saturated heterocycles. The Hall–Kier alpha value is -2.30. The largest absolute Gasteiger partial charge is 0.468 e. The van der Waals surface area contributed by atoms with Gasteiger partial charge in [-0.2, -0.15) is 0 Å². The molecule has 21 heavy (non-hydrogen) atoms. The van der Waals surface area contributed by atoms with Crippen LogP contribution in [0.3, 0.4) is 0 Å². The number of nitrogens with one attached hydrogen (secondary N) is 1. The quantitative estimate of drug-likeness (QED) is 0.655. The third-order valence-corrected chi connectivity index (χ3v) is 3.59. The van der Waals surface area contributed by atoms with E-state index in [4.69, 9.17) is 0 Å². The molecule has 5 heteroatoms. The van der Waals surface area contributed by atoms with Crippen LogP contribution in [-0.4, -0.2) is 31.1 Å². The molecule has 0 radical (unpaired) electrons. The zero-order chi connectivity index (χ0) is 15.2. The van der Waals surface area contributed by atoms with E-state index in [-0.39, 0.29) is 0 Å². The Kier molecular flexibility index (Phi) is 4.98. The lowest BCUT2D eigenvalue weighted by molar-refractivity contribution is -0.159. The predicted octanol–water partition coefficient (Wildman–Crippen LogP) is 2.45. The molecule has 0 unspecified atom stereocenters. The second-order valence-corrected chi connectivity index (χ2v) is 4.85. The number of hydrogen-bond donors (Lipinski definition) is 1. The summed E-state index contributed by atoms with van der Waals surface area (Å²) in [4.78, 5) is 26.4. The van der Waals surface area contributed by atoms with Crippen molar-refractivity contribution in [2.24, 2.45) is 5.92 Å². The number of para-hydroxylation sites is 1. The topological polar surface area (TPSA) is 68.4 Å². The van der Waals surface area contributed by atoms with E-state index < -0.39 is 17.9 Å². The van der Waals surface area contributed by atoms with Crippen molar-refractivity contribution in [2.45, 2.75) is 19.3 Å². The Balaban J connectivity index is 1.99. The SMILES string of the molecule is COC(=O)C(CCCc1c[nH]c2ccccc12)C(=O)OC. The number of ether oxygens (including phenoxy) is 2. The molecule has 0 saturated carbocycles. The molecule has 0 bridgehead atoms. The summed E-state index contributed by atoms with van der Waals surface area (Å²) < 4.78 is 9.29. The third kappa shape index (κ3) is 3.42. The number of esters is 2. The van der Waals surface area contributed by atoms with Crippen LogP contribution in [0.4, 0.5) is 0 Å². The van der Waals surface area contributed by atoms with Crippen LogP contribution in [0.1, 0.15) is 18.4 Å². The molecule has 1 heterocycles. The van der Waals surface area contributed by atoms with Gasteiger partial charge in [-0.25, -0.2) is 0 Å². The number of benzene rings is 1. The number of hydrogen-bond acceptors (Lipinski definition) is 4. The van der Waals surface area contributed by atoms with Crippen molar-refractivity contribution in [1.82, 2.24) is 4.98 Å². The summed E-state index contributed by atoms with van der Waals surface area (Å²) in [6, 6.07) is 8.04. The first-order chi connectivity index (χ1) is 10.2. The van der Waals surface area contributed by atoms with Crippen LogP contribution in [0.15, 0.2) is 30.5 Å². The molecular formula is C16H19NO4. The second kappa shape index (κ2) is 6.92. The van der Waals surface area contributed by atoms with E-state index in [0.29, 0.717) is 12.8 Å². The van der Waals surface area contributed by atoms with Gasteiger partial charge >= 0.3 is 11.9 Å². The minimum Gasteiger partial charge on any atom is -0.468 e. The first-order valence-electron chi connectivity index (χ1n) is 6.88. The molecule has 0 aliphatic rings. The maximum atomic E-state index is 11.6. The van der Waals surface area contributed by atoms with Gasteiger partial charge in [0.05, 0.1) is 14.2 Å². The lowest BCUT2D eigenvalue weighted by atomic mass is 9.99. The van der Waals surface area contributed by atoms with E-state index in [2.05, 4.69) is 20.5 Å². The van der Waals surface area contributed by atoms with Crippen LogP contribution in [0.2, 0.25) is 0 Å². The minimum absolute atomic E-state index is 0.416. The molecule has 0 spiro atoms. The summed E-state index contributed by atoms with van der Waals surface area (Å²) in [5, 5.41) is 1.17. The zero-order valence-electron chi connectivity index (χ0n) is 12.2. The first kappa shape index (κ1) is 15.1. The van der Waals surface area contributed by atoms with Crippen LogP contribution < -0.4 is 0 Å². The van der Waals surface area contributed by atoms with Gasteiger partial charge in [0, 0.05) is 17.1 Å². The Bertz CT molecular complexity index is 616. The van der Waals surface area contributed by atoms with E-state index in [1.54, 1.807) is 0 Å². The molecular weight excluding hydrogens is 270 g/mol. The molecule has 0 amide bonds. The third-order valence-electron chi connectivity index (χ3n) is 3.59. The normalized spacial score (nSPS) is 10.8. The van der Waals surface area contributed by atoms with Gasteiger partial charge in [0.15, 0.2) is 5.92 Å². The number of aromatic nitrogens is 1. The Morgan fingerprint density at radius 3 is 2.48 bits per heavy atom. The molecule has 0 aliphatic heterocycles. The second-order valence-electron chi connectivity index (χ2n) is 4.85. The number of carbonyl (C=O) groups excluding carboxylic acids is 2. The van der Waals surface area contributed by atoms with Crippen LogP contribution in [0, 0.1) is 5.92 Å². The van der Waals surface area contributed by atoms with Crippen LogP contribution in [0.5, 0.6) is 0 Å². The Morgan fingerprint density at radius 1 is 1.14 bits per heavy atom. The van der Waals surface area contributed by atoms with Crippen LogP contribution >= 0.6 is 0 Å². The molecule has 0 fully saturated rings. The molecule has 0 atom stereocenters. The smallest absolute Gasteiger partial charge is 0.320 e. The van der Waals surface area contributed by atoms with Crippen molar-refractivity contribution in [3.63, 3.8) is 0 Å². The van der Waals surface area contributed by atoms with E-state index in [1.807, 2.05) is 24.4 Å². The first-order valence-corrected chi connectivity index (χ1v) is 6.88. The summed E-state index contributed by atoms with van der Waals surface area (Å²) in [7, 11) is 2.55. The summed E-state index contributed by atoms with van der Waals surface area (Å²) in [5.74, 6) is -1.92. The van der Waals surface area contributed by atoms with Crippen LogP contribution in [-0.2, 0) is 25.5 Å². The summed E-state index contributed by atoms with van der Waals surface area (Å²) in [5.41, 5.74) is 2.27. The molecule has 112 valence electrons. The van der Waals surface area contributed by atoms with E-state index in [1.165, 1.54) is 25.2 Å². The fourth-order valence-electron chi connectivity index (χ4n) is 2.45. The van der Waals surface area contributed by atoms with Gasteiger partial charge in [-0.1, -0.05) is 18.2 Å². The van der Waals surface area contributed by atoms with Crippen molar-refractivity contribution in [3.8, 4) is 0 Å². The van der Waals surface area contributed by atoms with Crippen molar-refractivity contribution < 1.29 is 19.1 Å². The Morgan fingerprint density at radius 2 is 1.81 bits per heavy atom. The van der Waals surface area contributed by atoms with Gasteiger partial charge in [-0.15, -0.1) is 0 Å². The van der Waals surface area contributed by atoms with Gasteiger partial charge < -0.3 is 14.5 Å². The van der Waals surface area contributed by atoms with Crippen LogP contribution in [0.25, 0.3) is 10.9 Å². The maximum absolute atomic E-state index is 11.6. The van der Waals surface area contributed by atoms with Gasteiger partial charge in [0.1, 0.15) is 0 Å². The fourth-order valence-corrected chi connectivity index (χ4v) is 2.45. The summed E-state index contributed by atoms with van der Waals surface area (Å²) in [6.07, 6.45) is 3.88.